The van der Waals surface area contributed by atoms with E-state index < -0.39 is 0 Å². The first-order chi connectivity index (χ1) is 9.54. The Bertz CT molecular complexity index is 443. The van der Waals surface area contributed by atoms with Crippen LogP contribution in [0.4, 0.5) is 0 Å². The van der Waals surface area contributed by atoms with Crippen molar-refractivity contribution in [3.63, 3.8) is 0 Å². The number of nitrogens with one attached hydrogen (secondary N) is 1. The molecule has 1 amide bonds. The number of carbonyl (C=O) groups is 2. The van der Waals surface area contributed by atoms with Crippen LogP contribution in [0.2, 0.25) is 0 Å². The maximum Gasteiger partial charge on any atom is 0.230 e. The molecule has 0 unspecified atom stereocenters. The Hall–Kier alpha value is -1.33. The van der Waals surface area contributed by atoms with Gasteiger partial charge >= 0.3 is 0 Å². The third-order valence-corrected chi connectivity index (χ3v) is 3.67. The van der Waals surface area contributed by atoms with E-state index in [1.54, 1.807) is 7.11 Å². The summed E-state index contributed by atoms with van der Waals surface area (Å²) in [6.45, 7) is 4.81. The van der Waals surface area contributed by atoms with Crippen LogP contribution >= 0.6 is 11.8 Å². The summed E-state index contributed by atoms with van der Waals surface area (Å²) in [5.41, 5.74) is 0.717. The first kappa shape index (κ1) is 16.7. The number of ether oxygens (including phenoxy) is 1. The number of ketones is 1. The summed E-state index contributed by atoms with van der Waals surface area (Å²) in [6.07, 6.45) is 0. The van der Waals surface area contributed by atoms with E-state index in [4.69, 9.17) is 4.74 Å². The van der Waals surface area contributed by atoms with Crippen LogP contribution in [0.5, 0.6) is 0 Å². The van der Waals surface area contributed by atoms with Gasteiger partial charge in [-0.25, -0.2) is 0 Å². The second-order valence-electron chi connectivity index (χ2n) is 4.67. The maximum atomic E-state index is 11.8. The van der Waals surface area contributed by atoms with Gasteiger partial charge in [-0.05, 0) is 12.1 Å². The van der Waals surface area contributed by atoms with Gasteiger partial charge in [0.1, 0.15) is 0 Å². The Labute approximate surface area is 124 Å². The van der Waals surface area contributed by atoms with E-state index in [1.807, 2.05) is 38.1 Å². The molecule has 0 aliphatic rings. The Morgan fingerprint density at radius 1 is 1.25 bits per heavy atom. The zero-order valence-electron chi connectivity index (χ0n) is 12.1. The summed E-state index contributed by atoms with van der Waals surface area (Å²) in [7, 11) is 1.60. The summed E-state index contributed by atoms with van der Waals surface area (Å²) in [5, 5.41) is 2.76. The van der Waals surface area contributed by atoms with Gasteiger partial charge in [0, 0.05) is 30.0 Å². The summed E-state index contributed by atoms with van der Waals surface area (Å²) in [6, 6.07) is 7.38. The smallest absolute Gasteiger partial charge is 0.230 e. The molecular formula is C15H21NO3S. The number of amides is 1. The average molecular weight is 295 g/mol. The van der Waals surface area contributed by atoms with Crippen molar-refractivity contribution in [3.8, 4) is 0 Å². The lowest BCUT2D eigenvalue weighted by atomic mass is 10.0. The lowest BCUT2D eigenvalue weighted by Gasteiger charge is -2.06. The number of carbonyl (C=O) groups excluding carboxylic acids is 2. The van der Waals surface area contributed by atoms with Crippen molar-refractivity contribution in [1.82, 2.24) is 5.32 Å². The fourth-order valence-electron chi connectivity index (χ4n) is 1.54. The van der Waals surface area contributed by atoms with Gasteiger partial charge < -0.3 is 10.1 Å². The molecule has 0 aliphatic carbocycles. The minimum atomic E-state index is -0.0191. The standard InChI is InChI=1S/C15H21NO3S/c1-11(2)15(18)12-4-6-13(7-5-12)20-10-14(17)16-8-9-19-3/h4-7,11H,8-10H2,1-3H3,(H,16,17). The lowest BCUT2D eigenvalue weighted by molar-refractivity contribution is -0.118. The molecule has 0 saturated carbocycles. The van der Waals surface area contributed by atoms with Crippen molar-refractivity contribution < 1.29 is 14.3 Å². The van der Waals surface area contributed by atoms with Crippen LogP contribution in [0.25, 0.3) is 0 Å². The molecule has 20 heavy (non-hydrogen) atoms. The van der Waals surface area contributed by atoms with Crippen molar-refractivity contribution in [3.05, 3.63) is 29.8 Å². The molecule has 1 rings (SSSR count). The minimum absolute atomic E-state index is 0.0000606. The molecule has 0 aromatic heterocycles. The van der Waals surface area contributed by atoms with Gasteiger partial charge in [0.15, 0.2) is 5.78 Å². The van der Waals surface area contributed by atoms with Crippen LogP contribution in [-0.4, -0.2) is 37.7 Å². The van der Waals surface area contributed by atoms with E-state index in [-0.39, 0.29) is 17.6 Å². The highest BCUT2D eigenvalue weighted by molar-refractivity contribution is 8.00. The number of hydrogen-bond donors (Lipinski definition) is 1. The number of thioether (sulfide) groups is 1. The molecule has 0 radical (unpaired) electrons. The fraction of sp³-hybridized carbons (Fsp3) is 0.467. The predicted octanol–water partition coefficient (Wildman–Crippen LogP) is 2.38. The zero-order chi connectivity index (χ0) is 15.0. The lowest BCUT2D eigenvalue weighted by Crippen LogP contribution is -2.28. The quantitative estimate of drug-likeness (QED) is 0.454. The van der Waals surface area contributed by atoms with E-state index in [9.17, 15) is 9.59 Å². The Morgan fingerprint density at radius 3 is 2.45 bits per heavy atom. The molecular weight excluding hydrogens is 274 g/mol. The molecule has 0 spiro atoms. The number of hydrogen-bond acceptors (Lipinski definition) is 4. The predicted molar refractivity (Wildman–Crippen MR) is 81.2 cm³/mol. The van der Waals surface area contributed by atoms with Crippen LogP contribution in [0.15, 0.2) is 29.2 Å². The molecule has 0 heterocycles. The van der Waals surface area contributed by atoms with E-state index in [2.05, 4.69) is 5.32 Å². The van der Waals surface area contributed by atoms with Crippen molar-refractivity contribution in [1.29, 1.82) is 0 Å². The summed E-state index contributed by atoms with van der Waals surface area (Å²) >= 11 is 1.45. The van der Waals surface area contributed by atoms with Gasteiger partial charge in [0.2, 0.25) is 5.91 Å². The number of methoxy groups -OCH3 is 1. The van der Waals surface area contributed by atoms with Gasteiger partial charge in [-0.1, -0.05) is 26.0 Å². The minimum Gasteiger partial charge on any atom is -0.383 e. The third-order valence-electron chi connectivity index (χ3n) is 2.66. The molecule has 0 fully saturated rings. The highest BCUT2D eigenvalue weighted by atomic mass is 32.2. The topological polar surface area (TPSA) is 55.4 Å². The van der Waals surface area contributed by atoms with Gasteiger partial charge in [0.05, 0.1) is 12.4 Å². The monoisotopic (exact) mass is 295 g/mol. The second kappa shape index (κ2) is 8.76. The number of Topliss-reactive ketones (excluding diaryl/α,β-unsaturated/α-hetero) is 1. The largest absolute Gasteiger partial charge is 0.383 e. The van der Waals surface area contributed by atoms with Crippen molar-refractivity contribution in [2.45, 2.75) is 18.7 Å². The molecule has 0 bridgehead atoms. The molecule has 5 heteroatoms. The zero-order valence-corrected chi connectivity index (χ0v) is 13.0. The molecule has 0 atom stereocenters. The summed E-state index contributed by atoms with van der Waals surface area (Å²) in [5.74, 6) is 0.481. The molecule has 4 nitrogen and oxygen atoms in total. The van der Waals surface area contributed by atoms with Gasteiger partial charge in [-0.15, -0.1) is 11.8 Å². The molecule has 0 aliphatic heterocycles. The first-order valence-electron chi connectivity index (χ1n) is 6.57. The van der Waals surface area contributed by atoms with Crippen LogP contribution in [0.3, 0.4) is 0 Å². The van der Waals surface area contributed by atoms with E-state index in [0.717, 1.165) is 4.90 Å². The van der Waals surface area contributed by atoms with Gasteiger partial charge in [0.25, 0.3) is 0 Å². The Balaban J connectivity index is 2.42. The number of rotatable bonds is 8. The highest BCUT2D eigenvalue weighted by Crippen LogP contribution is 2.19. The SMILES string of the molecule is COCCNC(=O)CSc1ccc(C(=O)C(C)C)cc1. The van der Waals surface area contributed by atoms with Crippen LogP contribution in [0, 0.1) is 5.92 Å². The molecule has 0 saturated heterocycles. The fourth-order valence-corrected chi connectivity index (χ4v) is 2.27. The molecule has 1 aromatic rings. The van der Waals surface area contributed by atoms with Crippen LogP contribution in [-0.2, 0) is 9.53 Å². The second-order valence-corrected chi connectivity index (χ2v) is 5.72. The third kappa shape index (κ3) is 5.75. The molecule has 1 N–H and O–H groups in total. The Morgan fingerprint density at radius 2 is 1.90 bits per heavy atom. The van der Waals surface area contributed by atoms with Crippen molar-refractivity contribution in [2.75, 3.05) is 26.0 Å². The first-order valence-corrected chi connectivity index (χ1v) is 7.56. The van der Waals surface area contributed by atoms with Crippen LogP contribution in [0.1, 0.15) is 24.2 Å². The summed E-state index contributed by atoms with van der Waals surface area (Å²) < 4.78 is 4.86. The van der Waals surface area contributed by atoms with E-state index in [1.165, 1.54) is 11.8 Å². The van der Waals surface area contributed by atoms with Gasteiger partial charge in [-0.2, -0.15) is 0 Å². The van der Waals surface area contributed by atoms with Crippen LogP contribution < -0.4 is 5.32 Å². The maximum absolute atomic E-state index is 11.8. The molecule has 1 aromatic carbocycles. The average Bonchev–Trinajstić information content (AvgIpc) is 2.45. The normalized spacial score (nSPS) is 10.6. The van der Waals surface area contributed by atoms with Gasteiger partial charge in [-0.3, -0.25) is 9.59 Å². The van der Waals surface area contributed by atoms with E-state index >= 15 is 0 Å². The van der Waals surface area contributed by atoms with E-state index in [0.29, 0.717) is 24.5 Å². The molecule has 110 valence electrons. The highest BCUT2D eigenvalue weighted by Gasteiger charge is 2.10. The summed E-state index contributed by atoms with van der Waals surface area (Å²) in [4.78, 5) is 24.3. The van der Waals surface area contributed by atoms with Crippen molar-refractivity contribution in [2.24, 2.45) is 5.92 Å². The number of benzene rings is 1. The van der Waals surface area contributed by atoms with Crippen molar-refractivity contribution >= 4 is 23.5 Å². The Kier molecular flexibility index (Phi) is 7.33.